The lowest BCUT2D eigenvalue weighted by atomic mass is 10.1. The fourth-order valence-electron chi connectivity index (χ4n) is 2.93. The molecule has 144 valence electrons. The van der Waals surface area contributed by atoms with E-state index in [0.717, 1.165) is 22.5 Å². The van der Waals surface area contributed by atoms with Gasteiger partial charge < -0.3 is 15.8 Å². The van der Waals surface area contributed by atoms with Crippen molar-refractivity contribution in [3.8, 4) is 11.4 Å². The minimum absolute atomic E-state index is 0.246. The van der Waals surface area contributed by atoms with Crippen LogP contribution in [0.5, 0.6) is 5.75 Å². The highest BCUT2D eigenvalue weighted by Gasteiger charge is 2.14. The Labute approximate surface area is 163 Å². The van der Waals surface area contributed by atoms with E-state index in [-0.39, 0.29) is 12.5 Å². The van der Waals surface area contributed by atoms with Crippen molar-refractivity contribution < 1.29 is 14.3 Å². The van der Waals surface area contributed by atoms with Crippen molar-refractivity contribution in [1.29, 1.82) is 0 Å². The van der Waals surface area contributed by atoms with Crippen molar-refractivity contribution >= 4 is 17.6 Å². The van der Waals surface area contributed by atoms with Crippen LogP contribution in [0, 0.1) is 20.8 Å². The molecule has 1 aromatic heterocycles. The zero-order chi connectivity index (χ0) is 20.3. The van der Waals surface area contributed by atoms with Crippen molar-refractivity contribution in [2.45, 2.75) is 20.8 Å². The predicted octanol–water partition coefficient (Wildman–Crippen LogP) is 2.91. The van der Waals surface area contributed by atoms with Gasteiger partial charge in [0.2, 0.25) is 0 Å². The second-order valence-corrected chi connectivity index (χ2v) is 6.67. The van der Waals surface area contributed by atoms with Crippen molar-refractivity contribution in [2.75, 3.05) is 11.9 Å². The molecule has 3 N–H and O–H groups in total. The van der Waals surface area contributed by atoms with Crippen molar-refractivity contribution in [2.24, 2.45) is 5.73 Å². The summed E-state index contributed by atoms with van der Waals surface area (Å²) in [6.07, 6.45) is 0. The third-order valence-electron chi connectivity index (χ3n) is 4.00. The SMILES string of the molecule is Cc1cc(C)cc(-n2nc(C)cc2NC(=O)c2cccc(OCC(N)=O)c2)c1. The molecule has 0 spiro atoms. The van der Waals surface area contributed by atoms with Crippen LogP contribution < -0.4 is 15.8 Å². The van der Waals surface area contributed by atoms with Crippen LogP contribution in [0.3, 0.4) is 0 Å². The smallest absolute Gasteiger partial charge is 0.256 e. The normalized spacial score (nSPS) is 10.5. The molecular weight excluding hydrogens is 356 g/mol. The van der Waals surface area contributed by atoms with Gasteiger partial charge in [-0.25, -0.2) is 4.68 Å². The number of nitrogens with zero attached hydrogens (tertiary/aromatic N) is 2. The molecule has 0 unspecified atom stereocenters. The number of aromatic nitrogens is 2. The van der Waals surface area contributed by atoms with Gasteiger partial charge in [0.25, 0.3) is 11.8 Å². The molecule has 0 aliphatic heterocycles. The van der Waals surface area contributed by atoms with Gasteiger partial charge in [-0.15, -0.1) is 0 Å². The number of nitrogens with one attached hydrogen (secondary N) is 1. The Bertz CT molecular complexity index is 1020. The van der Waals surface area contributed by atoms with E-state index in [9.17, 15) is 9.59 Å². The first-order valence-corrected chi connectivity index (χ1v) is 8.79. The Hall–Kier alpha value is -3.61. The standard InChI is InChI=1S/C21H22N4O3/c1-13-7-14(2)9-17(8-13)25-20(10-15(3)24-25)23-21(27)16-5-4-6-18(11-16)28-12-19(22)26/h4-11H,12H2,1-3H3,(H2,22,26)(H,23,27). The Morgan fingerprint density at radius 2 is 1.79 bits per heavy atom. The average molecular weight is 378 g/mol. The molecule has 2 amide bonds. The Balaban J connectivity index is 1.85. The lowest BCUT2D eigenvalue weighted by molar-refractivity contribution is -0.119. The van der Waals surface area contributed by atoms with Gasteiger partial charge in [-0.2, -0.15) is 5.10 Å². The highest BCUT2D eigenvalue weighted by molar-refractivity contribution is 6.04. The molecule has 7 heteroatoms. The Kier molecular flexibility index (Phi) is 5.44. The van der Waals surface area contributed by atoms with Crippen LogP contribution >= 0.6 is 0 Å². The van der Waals surface area contributed by atoms with Crippen molar-refractivity contribution in [3.05, 3.63) is 70.9 Å². The number of carbonyl (C=O) groups is 2. The molecule has 0 bridgehead atoms. The second kappa shape index (κ2) is 7.96. The van der Waals surface area contributed by atoms with Gasteiger partial charge in [0.1, 0.15) is 11.6 Å². The summed E-state index contributed by atoms with van der Waals surface area (Å²) < 4.78 is 6.97. The number of amides is 2. The van der Waals surface area contributed by atoms with E-state index in [1.54, 1.807) is 28.9 Å². The molecule has 2 aromatic carbocycles. The first-order valence-electron chi connectivity index (χ1n) is 8.79. The molecular formula is C21H22N4O3. The molecule has 0 aliphatic carbocycles. The maximum atomic E-state index is 12.7. The van der Waals surface area contributed by atoms with Crippen molar-refractivity contribution in [3.63, 3.8) is 0 Å². The minimum Gasteiger partial charge on any atom is -0.484 e. The molecule has 0 saturated heterocycles. The van der Waals surface area contributed by atoms with Gasteiger partial charge in [0.05, 0.1) is 11.4 Å². The summed E-state index contributed by atoms with van der Waals surface area (Å²) in [5, 5.41) is 7.39. The third-order valence-corrected chi connectivity index (χ3v) is 4.00. The number of primary amides is 1. The zero-order valence-electron chi connectivity index (χ0n) is 16.0. The molecule has 7 nitrogen and oxygen atoms in total. The van der Waals surface area contributed by atoms with E-state index in [4.69, 9.17) is 10.5 Å². The first kappa shape index (κ1) is 19.2. The highest BCUT2D eigenvalue weighted by Crippen LogP contribution is 2.21. The first-order chi connectivity index (χ1) is 13.3. The van der Waals surface area contributed by atoms with Gasteiger partial charge in [-0.1, -0.05) is 12.1 Å². The van der Waals surface area contributed by atoms with Gasteiger partial charge in [0, 0.05) is 11.6 Å². The number of hydrogen-bond acceptors (Lipinski definition) is 4. The average Bonchev–Trinajstić information content (AvgIpc) is 2.99. The molecule has 3 aromatic rings. The minimum atomic E-state index is -0.581. The molecule has 0 fully saturated rings. The molecule has 28 heavy (non-hydrogen) atoms. The predicted molar refractivity (Wildman–Crippen MR) is 107 cm³/mol. The van der Waals surface area contributed by atoms with Gasteiger partial charge >= 0.3 is 0 Å². The maximum absolute atomic E-state index is 12.7. The van der Waals surface area contributed by atoms with Crippen LogP contribution in [0.4, 0.5) is 5.82 Å². The van der Waals surface area contributed by atoms with E-state index in [1.165, 1.54) is 0 Å². The highest BCUT2D eigenvalue weighted by atomic mass is 16.5. The second-order valence-electron chi connectivity index (χ2n) is 6.67. The molecule has 3 rings (SSSR count). The van der Waals surface area contributed by atoms with Crippen LogP contribution in [0.2, 0.25) is 0 Å². The molecule has 0 aliphatic rings. The number of benzene rings is 2. The van der Waals surface area contributed by atoms with Gasteiger partial charge in [0.15, 0.2) is 6.61 Å². The summed E-state index contributed by atoms with van der Waals surface area (Å²) in [4.78, 5) is 23.6. The maximum Gasteiger partial charge on any atom is 0.256 e. The molecule has 0 atom stereocenters. The van der Waals surface area contributed by atoms with E-state index in [1.807, 2.05) is 39.0 Å². The van der Waals surface area contributed by atoms with Gasteiger partial charge in [-0.05, 0) is 62.2 Å². The number of ether oxygens (including phenoxy) is 1. The molecule has 0 saturated carbocycles. The third kappa shape index (κ3) is 4.56. The number of nitrogens with two attached hydrogens (primary N) is 1. The number of hydrogen-bond donors (Lipinski definition) is 2. The van der Waals surface area contributed by atoms with Crippen LogP contribution in [0.25, 0.3) is 5.69 Å². The summed E-state index contributed by atoms with van der Waals surface area (Å²) >= 11 is 0. The summed E-state index contributed by atoms with van der Waals surface area (Å²) in [5.74, 6) is 0.0686. The van der Waals surface area contributed by atoms with Crippen molar-refractivity contribution in [1.82, 2.24) is 9.78 Å². The lowest BCUT2D eigenvalue weighted by Crippen LogP contribution is -2.20. The fourth-order valence-corrected chi connectivity index (χ4v) is 2.93. The molecule has 1 heterocycles. The summed E-state index contributed by atoms with van der Waals surface area (Å²) in [6, 6.07) is 14.5. The summed E-state index contributed by atoms with van der Waals surface area (Å²) in [5.41, 5.74) is 9.36. The van der Waals surface area contributed by atoms with Crippen LogP contribution in [0.15, 0.2) is 48.5 Å². The van der Waals surface area contributed by atoms with E-state index < -0.39 is 5.91 Å². The Morgan fingerprint density at radius 1 is 1.07 bits per heavy atom. The molecule has 0 radical (unpaired) electrons. The largest absolute Gasteiger partial charge is 0.484 e. The quantitative estimate of drug-likeness (QED) is 0.689. The van der Waals surface area contributed by atoms with Crippen LogP contribution in [-0.4, -0.2) is 28.2 Å². The number of carbonyl (C=O) groups excluding carboxylic acids is 2. The van der Waals surface area contributed by atoms with E-state index in [2.05, 4.69) is 16.5 Å². The van der Waals surface area contributed by atoms with Crippen LogP contribution in [0.1, 0.15) is 27.2 Å². The monoisotopic (exact) mass is 378 g/mol. The summed E-state index contributed by atoms with van der Waals surface area (Å²) in [6.45, 7) is 5.65. The number of rotatable bonds is 6. The zero-order valence-corrected chi connectivity index (χ0v) is 16.0. The topological polar surface area (TPSA) is 99.2 Å². The summed E-state index contributed by atoms with van der Waals surface area (Å²) in [7, 11) is 0. The number of anilines is 1. The van der Waals surface area contributed by atoms with E-state index in [0.29, 0.717) is 17.1 Å². The number of aryl methyl sites for hydroxylation is 3. The van der Waals surface area contributed by atoms with E-state index >= 15 is 0 Å². The van der Waals surface area contributed by atoms with Gasteiger partial charge in [-0.3, -0.25) is 9.59 Å². The van der Waals surface area contributed by atoms with Crippen LogP contribution in [-0.2, 0) is 4.79 Å². The Morgan fingerprint density at radius 3 is 2.46 bits per heavy atom. The fraction of sp³-hybridized carbons (Fsp3) is 0.190. The lowest BCUT2D eigenvalue weighted by Gasteiger charge is -2.11.